The van der Waals surface area contributed by atoms with Gasteiger partial charge in [-0.1, -0.05) is 24.3 Å². The molecule has 0 aromatic heterocycles. The molecule has 1 N–H and O–H groups in total. The molecule has 5 heteroatoms. The number of amides is 1. The summed E-state index contributed by atoms with van der Waals surface area (Å²) in [7, 11) is 0. The molecule has 0 fully saturated rings. The second-order valence-electron chi connectivity index (χ2n) is 5.95. The smallest absolute Gasteiger partial charge is 0.410 e. The number of aliphatic carboxylic acids is 1. The fraction of sp³-hybridized carbons (Fsp3) is 0.467. The van der Waals surface area contributed by atoms with Crippen LogP contribution >= 0.6 is 0 Å². The molecule has 1 aromatic rings. The Bertz CT molecular complexity index is 533. The highest BCUT2D eigenvalue weighted by molar-refractivity contribution is 5.79. The predicted molar refractivity (Wildman–Crippen MR) is 73.5 cm³/mol. The first kappa shape index (κ1) is 14.4. The molecule has 1 amide bonds. The van der Waals surface area contributed by atoms with Gasteiger partial charge in [0.05, 0.1) is 5.92 Å². The number of fused-ring (bicyclic) bond motifs is 1. The fourth-order valence-electron chi connectivity index (χ4n) is 2.28. The van der Waals surface area contributed by atoms with Crippen LogP contribution in [0.3, 0.4) is 0 Å². The van der Waals surface area contributed by atoms with E-state index in [1.165, 1.54) is 4.90 Å². The average molecular weight is 277 g/mol. The molecule has 2 rings (SSSR count). The van der Waals surface area contributed by atoms with Gasteiger partial charge in [-0.3, -0.25) is 4.79 Å². The number of carboxylic acids is 1. The number of rotatable bonds is 1. The molecule has 0 aliphatic carbocycles. The largest absolute Gasteiger partial charge is 0.481 e. The molecular weight excluding hydrogens is 258 g/mol. The van der Waals surface area contributed by atoms with E-state index in [1.54, 1.807) is 26.8 Å². The van der Waals surface area contributed by atoms with Crippen LogP contribution in [0.4, 0.5) is 4.79 Å². The minimum absolute atomic E-state index is 0.140. The van der Waals surface area contributed by atoms with Crippen molar-refractivity contribution in [3.8, 4) is 0 Å². The molecule has 1 heterocycles. The third-order valence-corrected chi connectivity index (χ3v) is 3.14. The van der Waals surface area contributed by atoms with Crippen molar-refractivity contribution >= 4 is 12.1 Å². The summed E-state index contributed by atoms with van der Waals surface area (Å²) in [6.07, 6.45) is -0.474. The highest BCUT2D eigenvalue weighted by Gasteiger charge is 2.34. The molecule has 0 saturated carbocycles. The van der Waals surface area contributed by atoms with Gasteiger partial charge in [0, 0.05) is 13.1 Å². The standard InChI is InChI=1S/C15H19NO4/c1-15(2,3)20-14(19)16-8-10-6-4-5-7-11(10)12(9-16)13(17)18/h4-7,12H,8-9H2,1-3H3,(H,17,18). The van der Waals surface area contributed by atoms with Crippen LogP contribution in [-0.4, -0.2) is 34.2 Å². The van der Waals surface area contributed by atoms with Gasteiger partial charge in [0.25, 0.3) is 0 Å². The molecule has 0 bridgehead atoms. The predicted octanol–water partition coefficient (Wildman–Crippen LogP) is 2.61. The molecular formula is C15H19NO4. The molecule has 0 radical (unpaired) electrons. The summed E-state index contributed by atoms with van der Waals surface area (Å²) in [6.45, 7) is 5.89. The summed E-state index contributed by atoms with van der Waals surface area (Å²) in [5, 5.41) is 9.34. The Morgan fingerprint density at radius 2 is 1.95 bits per heavy atom. The van der Waals surface area contributed by atoms with E-state index in [-0.39, 0.29) is 6.54 Å². The molecule has 1 aliphatic rings. The van der Waals surface area contributed by atoms with E-state index in [0.29, 0.717) is 6.54 Å². The first-order valence-corrected chi connectivity index (χ1v) is 6.56. The lowest BCUT2D eigenvalue weighted by Crippen LogP contribution is -2.43. The van der Waals surface area contributed by atoms with Gasteiger partial charge in [-0.15, -0.1) is 0 Å². The Labute approximate surface area is 118 Å². The van der Waals surface area contributed by atoms with E-state index in [4.69, 9.17) is 4.74 Å². The van der Waals surface area contributed by atoms with Gasteiger partial charge in [0.15, 0.2) is 0 Å². The second-order valence-corrected chi connectivity index (χ2v) is 5.95. The minimum Gasteiger partial charge on any atom is -0.481 e. The number of nitrogens with zero attached hydrogens (tertiary/aromatic N) is 1. The van der Waals surface area contributed by atoms with E-state index in [9.17, 15) is 14.7 Å². The van der Waals surface area contributed by atoms with E-state index in [0.717, 1.165) is 11.1 Å². The lowest BCUT2D eigenvalue weighted by molar-refractivity contribution is -0.139. The van der Waals surface area contributed by atoms with E-state index in [2.05, 4.69) is 0 Å². The second kappa shape index (κ2) is 5.15. The van der Waals surface area contributed by atoms with Crippen molar-refractivity contribution < 1.29 is 19.4 Å². The van der Waals surface area contributed by atoms with Gasteiger partial charge < -0.3 is 14.7 Å². The maximum absolute atomic E-state index is 12.1. The number of ether oxygens (including phenoxy) is 1. The molecule has 0 spiro atoms. The van der Waals surface area contributed by atoms with Crippen molar-refractivity contribution in [1.82, 2.24) is 4.90 Å². The van der Waals surface area contributed by atoms with Gasteiger partial charge in [0.1, 0.15) is 5.60 Å². The van der Waals surface area contributed by atoms with Crippen LogP contribution in [0.15, 0.2) is 24.3 Å². The molecule has 5 nitrogen and oxygen atoms in total. The summed E-state index contributed by atoms with van der Waals surface area (Å²) in [6, 6.07) is 7.32. The first-order chi connectivity index (χ1) is 9.28. The summed E-state index contributed by atoms with van der Waals surface area (Å²) in [5.74, 6) is -1.63. The van der Waals surface area contributed by atoms with Crippen LogP contribution in [0.25, 0.3) is 0 Å². The molecule has 20 heavy (non-hydrogen) atoms. The third kappa shape index (κ3) is 3.10. The van der Waals surface area contributed by atoms with Gasteiger partial charge >= 0.3 is 12.1 Å². The maximum Gasteiger partial charge on any atom is 0.410 e. The van der Waals surface area contributed by atoms with Crippen LogP contribution in [0.1, 0.15) is 37.8 Å². The molecule has 1 aromatic carbocycles. The average Bonchev–Trinajstić information content (AvgIpc) is 2.35. The van der Waals surface area contributed by atoms with Crippen molar-refractivity contribution in [3.05, 3.63) is 35.4 Å². The molecule has 0 saturated heterocycles. The van der Waals surface area contributed by atoms with Crippen LogP contribution in [0.5, 0.6) is 0 Å². The molecule has 1 unspecified atom stereocenters. The maximum atomic E-state index is 12.1. The van der Waals surface area contributed by atoms with Crippen molar-refractivity contribution in [2.75, 3.05) is 6.54 Å². The number of benzene rings is 1. The fourth-order valence-corrected chi connectivity index (χ4v) is 2.28. The Morgan fingerprint density at radius 1 is 1.30 bits per heavy atom. The highest BCUT2D eigenvalue weighted by Crippen LogP contribution is 2.29. The SMILES string of the molecule is CC(C)(C)OC(=O)N1Cc2ccccc2C(C(=O)O)C1. The minimum atomic E-state index is -0.925. The summed E-state index contributed by atoms with van der Waals surface area (Å²) >= 11 is 0. The van der Waals surface area contributed by atoms with Gasteiger partial charge in [-0.25, -0.2) is 4.79 Å². The van der Waals surface area contributed by atoms with Crippen LogP contribution in [0, 0.1) is 0 Å². The Balaban J connectivity index is 2.24. The lowest BCUT2D eigenvalue weighted by Gasteiger charge is -2.34. The zero-order valence-electron chi connectivity index (χ0n) is 11.9. The zero-order valence-corrected chi connectivity index (χ0v) is 11.9. The van der Waals surface area contributed by atoms with Crippen molar-refractivity contribution in [2.24, 2.45) is 0 Å². The number of carboxylic acid groups (broad SMARTS) is 1. The van der Waals surface area contributed by atoms with Crippen LogP contribution in [0.2, 0.25) is 0 Å². The van der Waals surface area contributed by atoms with Gasteiger partial charge in [0.2, 0.25) is 0 Å². The highest BCUT2D eigenvalue weighted by atomic mass is 16.6. The first-order valence-electron chi connectivity index (χ1n) is 6.56. The molecule has 108 valence electrons. The van der Waals surface area contributed by atoms with Crippen molar-refractivity contribution in [1.29, 1.82) is 0 Å². The summed E-state index contributed by atoms with van der Waals surface area (Å²) in [4.78, 5) is 24.9. The number of carbonyl (C=O) groups is 2. The van der Waals surface area contributed by atoms with Crippen molar-refractivity contribution in [2.45, 2.75) is 38.8 Å². The lowest BCUT2D eigenvalue weighted by atomic mass is 9.90. The zero-order chi connectivity index (χ0) is 14.9. The Hall–Kier alpha value is -2.04. The molecule has 1 atom stereocenters. The van der Waals surface area contributed by atoms with Crippen molar-refractivity contribution in [3.63, 3.8) is 0 Å². The Morgan fingerprint density at radius 3 is 2.55 bits per heavy atom. The van der Waals surface area contributed by atoms with Crippen LogP contribution in [-0.2, 0) is 16.1 Å². The third-order valence-electron chi connectivity index (χ3n) is 3.14. The number of hydrogen-bond donors (Lipinski definition) is 1. The number of carbonyl (C=O) groups excluding carboxylic acids is 1. The van der Waals surface area contributed by atoms with E-state index >= 15 is 0 Å². The normalized spacial score (nSPS) is 18.4. The van der Waals surface area contributed by atoms with Crippen LogP contribution < -0.4 is 0 Å². The summed E-state index contributed by atoms with van der Waals surface area (Å²) in [5.41, 5.74) is 1.05. The Kier molecular flexibility index (Phi) is 3.70. The summed E-state index contributed by atoms with van der Waals surface area (Å²) < 4.78 is 5.31. The number of hydrogen-bond acceptors (Lipinski definition) is 3. The quantitative estimate of drug-likeness (QED) is 0.856. The van der Waals surface area contributed by atoms with Gasteiger partial charge in [-0.2, -0.15) is 0 Å². The molecule has 1 aliphatic heterocycles. The monoisotopic (exact) mass is 277 g/mol. The van der Waals surface area contributed by atoms with E-state index < -0.39 is 23.6 Å². The van der Waals surface area contributed by atoms with E-state index in [1.807, 2.05) is 18.2 Å². The van der Waals surface area contributed by atoms with Gasteiger partial charge in [-0.05, 0) is 31.9 Å². The topological polar surface area (TPSA) is 66.8 Å².